The van der Waals surface area contributed by atoms with Crippen molar-refractivity contribution in [3.05, 3.63) is 76.3 Å². The first-order chi connectivity index (χ1) is 13.2. The van der Waals surface area contributed by atoms with Gasteiger partial charge in [-0.15, -0.1) is 11.3 Å². The second-order valence-electron chi connectivity index (χ2n) is 6.55. The van der Waals surface area contributed by atoms with Gasteiger partial charge in [0, 0.05) is 17.6 Å². The number of carbonyl (C=O) groups is 1. The van der Waals surface area contributed by atoms with Gasteiger partial charge in [-0.05, 0) is 53.1 Å². The van der Waals surface area contributed by atoms with Crippen molar-refractivity contribution < 1.29 is 23.0 Å². The van der Waals surface area contributed by atoms with Crippen molar-refractivity contribution in [2.75, 3.05) is 6.66 Å². The molecule has 0 saturated carbocycles. The number of benzene rings is 2. The highest BCUT2D eigenvalue weighted by Crippen LogP contribution is 2.54. The highest BCUT2D eigenvalue weighted by atomic mass is 32.1. The molecule has 1 aromatic heterocycles. The third kappa shape index (κ3) is 4.38. The summed E-state index contributed by atoms with van der Waals surface area (Å²) in [4.78, 5) is 22.9. The minimum absolute atomic E-state index is 0.344. The summed E-state index contributed by atoms with van der Waals surface area (Å²) in [5.74, 6) is -2.61. The predicted octanol–water partition coefficient (Wildman–Crippen LogP) is 5.22. The molecule has 8 heteroatoms. The van der Waals surface area contributed by atoms with Crippen LogP contribution in [0, 0.1) is 18.6 Å². The van der Waals surface area contributed by atoms with Gasteiger partial charge >= 0.3 is 0 Å². The molecule has 0 bridgehead atoms. The summed E-state index contributed by atoms with van der Waals surface area (Å²) < 4.78 is 39.6. The highest BCUT2D eigenvalue weighted by Gasteiger charge is 2.35. The zero-order valence-electron chi connectivity index (χ0n) is 15.1. The lowest BCUT2D eigenvalue weighted by Gasteiger charge is -2.18. The van der Waals surface area contributed by atoms with E-state index in [-0.39, 0.29) is 0 Å². The van der Waals surface area contributed by atoms with E-state index in [9.17, 15) is 23.0 Å². The highest BCUT2D eigenvalue weighted by molar-refractivity contribution is 7.58. The van der Waals surface area contributed by atoms with Gasteiger partial charge in [0.15, 0.2) is 11.6 Å². The van der Waals surface area contributed by atoms with Crippen molar-refractivity contribution in [2.45, 2.75) is 12.6 Å². The number of carbonyl (C=O) groups excluding carboxylic acids is 1. The van der Waals surface area contributed by atoms with Crippen LogP contribution in [0.2, 0.25) is 0 Å². The molecule has 2 aromatic carbocycles. The molecule has 146 valence electrons. The second-order valence-corrected chi connectivity index (χ2v) is 9.87. The molecule has 2 unspecified atom stereocenters. The molecule has 28 heavy (non-hydrogen) atoms. The fourth-order valence-electron chi connectivity index (χ4n) is 2.91. The molecule has 0 spiro atoms. The van der Waals surface area contributed by atoms with E-state index in [1.54, 1.807) is 5.38 Å². The first-order valence-corrected chi connectivity index (χ1v) is 11.4. The third-order valence-corrected chi connectivity index (χ3v) is 6.68. The van der Waals surface area contributed by atoms with Gasteiger partial charge in [0.25, 0.3) is 0 Å². The largest absolute Gasteiger partial charge is 0.344 e. The minimum atomic E-state index is -3.82. The van der Waals surface area contributed by atoms with Crippen LogP contribution in [0.15, 0.2) is 48.0 Å². The van der Waals surface area contributed by atoms with E-state index in [0.29, 0.717) is 11.1 Å². The van der Waals surface area contributed by atoms with Crippen molar-refractivity contribution in [3.63, 3.8) is 0 Å². The standard InChI is InChI=1S/C20H18F2NO3PS/c1-12-3-6-18-14(9-12)15(11-28-18)19(27(2,25)26)20(24)23-8-7-13-4-5-16(21)17(22)10-13/h3-11,19H,1-2H3,(H,23,24)(H,25,26)/b8-7+. The molecule has 2 atom stereocenters. The van der Waals surface area contributed by atoms with Crippen LogP contribution in [0.4, 0.5) is 8.78 Å². The number of hydrogen-bond acceptors (Lipinski definition) is 3. The summed E-state index contributed by atoms with van der Waals surface area (Å²) >= 11 is 1.40. The molecule has 0 aliphatic rings. The molecule has 3 aromatic rings. The van der Waals surface area contributed by atoms with Crippen molar-refractivity contribution in [1.29, 1.82) is 0 Å². The fourth-order valence-corrected chi connectivity index (χ4v) is 5.21. The van der Waals surface area contributed by atoms with E-state index in [2.05, 4.69) is 5.32 Å². The number of halogens is 2. The minimum Gasteiger partial charge on any atom is -0.344 e. The lowest BCUT2D eigenvalue weighted by atomic mass is 10.1. The van der Waals surface area contributed by atoms with Gasteiger partial charge in [-0.2, -0.15) is 0 Å². The van der Waals surface area contributed by atoms with Gasteiger partial charge in [0.2, 0.25) is 13.3 Å². The molecule has 0 aliphatic heterocycles. The number of hydrogen-bond donors (Lipinski definition) is 2. The molecule has 0 fully saturated rings. The number of thiophene rings is 1. The summed E-state index contributed by atoms with van der Waals surface area (Å²) in [6.07, 6.45) is 2.63. The summed E-state index contributed by atoms with van der Waals surface area (Å²) in [5, 5.41) is 4.97. The zero-order valence-corrected chi connectivity index (χ0v) is 16.9. The van der Waals surface area contributed by atoms with Gasteiger partial charge in [0.1, 0.15) is 5.66 Å². The second kappa shape index (κ2) is 7.95. The van der Waals surface area contributed by atoms with Gasteiger partial charge in [-0.3, -0.25) is 9.36 Å². The Morgan fingerprint density at radius 3 is 2.64 bits per heavy atom. The molecule has 3 rings (SSSR count). The lowest BCUT2D eigenvalue weighted by Crippen LogP contribution is -2.25. The molecule has 2 N–H and O–H groups in total. The van der Waals surface area contributed by atoms with Crippen LogP contribution in [-0.4, -0.2) is 17.5 Å². The molecule has 1 heterocycles. The van der Waals surface area contributed by atoms with Crippen LogP contribution in [0.1, 0.15) is 22.3 Å². The zero-order chi connectivity index (χ0) is 20.5. The third-order valence-electron chi connectivity index (χ3n) is 4.23. The Labute approximate surface area is 165 Å². The Bertz CT molecular complexity index is 1120. The quantitative estimate of drug-likeness (QED) is 0.556. The molecule has 1 amide bonds. The van der Waals surface area contributed by atoms with Crippen LogP contribution in [0.25, 0.3) is 16.2 Å². The summed E-state index contributed by atoms with van der Waals surface area (Å²) in [5.41, 5.74) is 0.581. The molecular weight excluding hydrogens is 403 g/mol. The van der Waals surface area contributed by atoms with Crippen LogP contribution < -0.4 is 5.32 Å². The van der Waals surface area contributed by atoms with Gasteiger partial charge in [0.05, 0.1) is 0 Å². The number of amides is 1. The molecule has 4 nitrogen and oxygen atoms in total. The predicted molar refractivity (Wildman–Crippen MR) is 109 cm³/mol. The number of fused-ring (bicyclic) bond motifs is 1. The Morgan fingerprint density at radius 1 is 1.21 bits per heavy atom. The van der Waals surface area contributed by atoms with E-state index in [0.717, 1.165) is 34.4 Å². The van der Waals surface area contributed by atoms with Crippen molar-refractivity contribution in [3.8, 4) is 0 Å². The number of aryl methyl sites for hydroxylation is 1. The Hall–Kier alpha value is -2.34. The van der Waals surface area contributed by atoms with Gasteiger partial charge in [-0.25, -0.2) is 8.78 Å². The smallest absolute Gasteiger partial charge is 0.241 e. The van der Waals surface area contributed by atoms with Crippen molar-refractivity contribution >= 4 is 40.8 Å². The Morgan fingerprint density at radius 2 is 1.96 bits per heavy atom. The van der Waals surface area contributed by atoms with Crippen LogP contribution in [-0.2, 0) is 9.36 Å². The first kappa shape index (κ1) is 20.4. The van der Waals surface area contributed by atoms with Gasteiger partial charge in [-0.1, -0.05) is 23.8 Å². The Balaban J connectivity index is 1.88. The number of nitrogens with one attached hydrogen (secondary N) is 1. The van der Waals surface area contributed by atoms with E-state index < -0.39 is 30.6 Å². The summed E-state index contributed by atoms with van der Waals surface area (Å²) in [7, 11) is -3.82. The number of rotatable bonds is 5. The van der Waals surface area contributed by atoms with Crippen molar-refractivity contribution in [2.24, 2.45) is 0 Å². The fraction of sp³-hybridized carbons (Fsp3) is 0.150. The first-order valence-electron chi connectivity index (χ1n) is 8.36. The molecular formula is C20H18F2NO3PS. The van der Waals surface area contributed by atoms with Crippen molar-refractivity contribution in [1.82, 2.24) is 5.32 Å². The van der Waals surface area contributed by atoms with E-state index in [4.69, 9.17) is 0 Å². The monoisotopic (exact) mass is 421 g/mol. The average Bonchev–Trinajstić information content (AvgIpc) is 3.00. The Kier molecular flexibility index (Phi) is 5.79. The average molecular weight is 421 g/mol. The van der Waals surface area contributed by atoms with Crippen LogP contribution in [0.5, 0.6) is 0 Å². The lowest BCUT2D eigenvalue weighted by molar-refractivity contribution is -0.120. The summed E-state index contributed by atoms with van der Waals surface area (Å²) in [6.45, 7) is 3.06. The maximum Gasteiger partial charge on any atom is 0.241 e. The van der Waals surface area contributed by atoms with E-state index >= 15 is 0 Å². The van der Waals surface area contributed by atoms with Gasteiger partial charge < -0.3 is 10.2 Å². The molecule has 0 aliphatic carbocycles. The van der Waals surface area contributed by atoms with Crippen LogP contribution in [0.3, 0.4) is 0 Å². The van der Waals surface area contributed by atoms with Crippen LogP contribution >= 0.6 is 18.7 Å². The van der Waals surface area contributed by atoms with E-state index in [1.807, 2.05) is 25.1 Å². The molecule has 0 saturated heterocycles. The van der Waals surface area contributed by atoms with E-state index in [1.165, 1.54) is 29.7 Å². The summed E-state index contributed by atoms with van der Waals surface area (Å²) in [6, 6.07) is 9.05. The normalized spacial score (nSPS) is 14.9. The topological polar surface area (TPSA) is 66.4 Å². The SMILES string of the molecule is Cc1ccc2scc(C(C(=O)N/C=C/c3ccc(F)c(F)c3)P(C)(=O)O)c2c1. The molecule has 0 radical (unpaired) electrons. The maximum absolute atomic E-state index is 13.3. The maximum atomic E-state index is 13.3.